The van der Waals surface area contributed by atoms with Crippen LogP contribution >= 0.6 is 0 Å². The fraction of sp³-hybridized carbons (Fsp3) is 0.882. The van der Waals surface area contributed by atoms with Gasteiger partial charge in [0.05, 0.1) is 17.9 Å². The zero-order chi connectivity index (χ0) is 15.8. The Balaban J connectivity index is 2.26. The summed E-state index contributed by atoms with van der Waals surface area (Å²) in [6, 6.07) is 0. The third-order valence-electron chi connectivity index (χ3n) is 4.32. The summed E-state index contributed by atoms with van der Waals surface area (Å²) in [6.45, 7) is 6.36. The lowest BCUT2D eigenvalue weighted by atomic mass is 9.81. The summed E-state index contributed by atoms with van der Waals surface area (Å²) in [5.41, 5.74) is 0. The topological polar surface area (TPSA) is 63.6 Å². The molecule has 3 unspecified atom stereocenters. The molecule has 122 valence electrons. The van der Waals surface area contributed by atoms with Crippen molar-refractivity contribution >= 4 is 11.9 Å². The number of rotatable bonds is 8. The molecule has 0 aromatic rings. The molecule has 4 nitrogen and oxygen atoms in total. The van der Waals surface area contributed by atoms with Gasteiger partial charge < -0.3 is 9.84 Å². The minimum atomic E-state index is -0.783. The monoisotopic (exact) mass is 298 g/mol. The number of carbonyl (C=O) groups is 2. The zero-order valence-electron chi connectivity index (χ0n) is 13.6. The summed E-state index contributed by atoms with van der Waals surface area (Å²) in [5, 5.41) is 9.06. The lowest BCUT2D eigenvalue weighted by Gasteiger charge is -2.26. The molecule has 21 heavy (non-hydrogen) atoms. The number of aliphatic carboxylic acids is 1. The van der Waals surface area contributed by atoms with E-state index in [9.17, 15) is 9.59 Å². The van der Waals surface area contributed by atoms with Crippen molar-refractivity contribution in [3.63, 3.8) is 0 Å². The van der Waals surface area contributed by atoms with Gasteiger partial charge in [-0.1, -0.05) is 33.1 Å². The van der Waals surface area contributed by atoms with Crippen molar-refractivity contribution in [2.24, 2.45) is 17.8 Å². The number of carboxylic acids is 1. The first kappa shape index (κ1) is 18.0. The molecule has 1 saturated carbocycles. The van der Waals surface area contributed by atoms with Gasteiger partial charge in [0.25, 0.3) is 0 Å². The first-order chi connectivity index (χ1) is 9.90. The number of esters is 1. The van der Waals surface area contributed by atoms with Crippen molar-refractivity contribution in [2.75, 3.05) is 0 Å². The Kier molecular flexibility index (Phi) is 7.76. The zero-order valence-corrected chi connectivity index (χ0v) is 13.6. The quantitative estimate of drug-likeness (QED) is 0.543. The maximum atomic E-state index is 12.1. The molecule has 1 aliphatic rings. The van der Waals surface area contributed by atoms with Gasteiger partial charge in [0.15, 0.2) is 0 Å². The Hall–Kier alpha value is -1.06. The van der Waals surface area contributed by atoms with Crippen LogP contribution in [-0.2, 0) is 14.3 Å². The van der Waals surface area contributed by atoms with Crippen LogP contribution in [0.1, 0.15) is 72.1 Å². The van der Waals surface area contributed by atoms with E-state index in [1.54, 1.807) is 0 Å². The molecule has 0 spiro atoms. The van der Waals surface area contributed by atoms with E-state index in [2.05, 4.69) is 13.8 Å². The molecule has 1 aliphatic carbocycles. The van der Waals surface area contributed by atoms with E-state index in [0.29, 0.717) is 12.8 Å². The van der Waals surface area contributed by atoms with Crippen molar-refractivity contribution in [2.45, 2.75) is 78.2 Å². The highest BCUT2D eigenvalue weighted by Gasteiger charge is 2.32. The van der Waals surface area contributed by atoms with Crippen LogP contribution in [0.5, 0.6) is 0 Å². The van der Waals surface area contributed by atoms with E-state index in [1.165, 1.54) is 12.8 Å². The Morgan fingerprint density at radius 2 is 1.71 bits per heavy atom. The van der Waals surface area contributed by atoms with E-state index in [-0.39, 0.29) is 23.9 Å². The van der Waals surface area contributed by atoms with E-state index in [4.69, 9.17) is 9.84 Å². The Bertz CT molecular complexity index is 338. The molecule has 1 rings (SSSR count). The van der Waals surface area contributed by atoms with E-state index in [0.717, 1.165) is 31.6 Å². The highest BCUT2D eigenvalue weighted by atomic mass is 16.5. The Morgan fingerprint density at radius 1 is 1.10 bits per heavy atom. The van der Waals surface area contributed by atoms with Gasteiger partial charge in [0.2, 0.25) is 0 Å². The molecular weight excluding hydrogens is 268 g/mol. The van der Waals surface area contributed by atoms with Crippen LogP contribution in [0, 0.1) is 17.8 Å². The Morgan fingerprint density at radius 3 is 2.33 bits per heavy atom. The second-order valence-electron chi connectivity index (χ2n) is 6.82. The van der Waals surface area contributed by atoms with E-state index < -0.39 is 5.97 Å². The van der Waals surface area contributed by atoms with Crippen LogP contribution in [-0.4, -0.2) is 23.1 Å². The molecule has 0 radical (unpaired) electrons. The van der Waals surface area contributed by atoms with Gasteiger partial charge >= 0.3 is 11.9 Å². The molecule has 0 saturated heterocycles. The fourth-order valence-corrected chi connectivity index (χ4v) is 2.97. The lowest BCUT2D eigenvalue weighted by molar-refractivity contribution is -0.156. The number of hydrogen-bond acceptors (Lipinski definition) is 3. The molecule has 1 N–H and O–H groups in total. The maximum Gasteiger partial charge on any atom is 0.309 e. The van der Waals surface area contributed by atoms with Crippen LogP contribution in [0.3, 0.4) is 0 Å². The highest BCUT2D eigenvalue weighted by Crippen LogP contribution is 2.30. The average Bonchev–Trinajstić information content (AvgIpc) is 2.43. The van der Waals surface area contributed by atoms with Crippen molar-refractivity contribution in [3.05, 3.63) is 0 Å². The van der Waals surface area contributed by atoms with E-state index in [1.807, 2.05) is 6.92 Å². The van der Waals surface area contributed by atoms with Crippen molar-refractivity contribution < 1.29 is 19.4 Å². The first-order valence-corrected chi connectivity index (χ1v) is 8.33. The fourth-order valence-electron chi connectivity index (χ4n) is 2.97. The largest absolute Gasteiger partial charge is 0.481 e. The maximum absolute atomic E-state index is 12.1. The average molecular weight is 298 g/mol. The van der Waals surface area contributed by atoms with Crippen LogP contribution < -0.4 is 0 Å². The van der Waals surface area contributed by atoms with Crippen LogP contribution in [0.4, 0.5) is 0 Å². The molecule has 0 amide bonds. The first-order valence-electron chi connectivity index (χ1n) is 8.33. The van der Waals surface area contributed by atoms with Crippen LogP contribution in [0.2, 0.25) is 0 Å². The highest BCUT2D eigenvalue weighted by molar-refractivity contribution is 5.75. The smallest absolute Gasteiger partial charge is 0.309 e. The molecule has 0 bridgehead atoms. The van der Waals surface area contributed by atoms with Crippen molar-refractivity contribution in [3.8, 4) is 0 Å². The van der Waals surface area contributed by atoms with Gasteiger partial charge in [0, 0.05) is 0 Å². The summed E-state index contributed by atoms with van der Waals surface area (Å²) in [4.78, 5) is 23.1. The SMILES string of the molecule is CC(C)CCCCC(C)OC(=O)C1CCCC(C(=O)O)C1. The minimum absolute atomic E-state index is 0.0603. The standard InChI is InChI=1S/C17H30O4/c1-12(2)7-4-5-8-13(3)21-17(20)15-10-6-9-14(11-15)16(18)19/h12-15H,4-11H2,1-3H3,(H,18,19). The van der Waals surface area contributed by atoms with Crippen LogP contribution in [0.25, 0.3) is 0 Å². The van der Waals surface area contributed by atoms with E-state index >= 15 is 0 Å². The van der Waals surface area contributed by atoms with Gasteiger partial charge in [-0.2, -0.15) is 0 Å². The molecule has 0 aliphatic heterocycles. The van der Waals surface area contributed by atoms with Crippen molar-refractivity contribution in [1.82, 2.24) is 0 Å². The number of ether oxygens (including phenoxy) is 1. The molecule has 3 atom stereocenters. The van der Waals surface area contributed by atoms with Gasteiger partial charge in [-0.05, 0) is 44.9 Å². The number of hydrogen-bond donors (Lipinski definition) is 1. The summed E-state index contributed by atoms with van der Waals surface area (Å²) in [5.74, 6) is -0.861. The predicted molar refractivity (Wildman–Crippen MR) is 81.9 cm³/mol. The van der Waals surface area contributed by atoms with Gasteiger partial charge in [-0.15, -0.1) is 0 Å². The third kappa shape index (κ3) is 6.96. The third-order valence-corrected chi connectivity index (χ3v) is 4.32. The number of carboxylic acid groups (broad SMARTS) is 1. The summed E-state index contributed by atoms with van der Waals surface area (Å²) >= 11 is 0. The van der Waals surface area contributed by atoms with Crippen molar-refractivity contribution in [1.29, 1.82) is 0 Å². The molecule has 4 heteroatoms. The summed E-state index contributed by atoms with van der Waals surface area (Å²) in [6.07, 6.45) is 6.99. The molecule has 0 aromatic heterocycles. The Labute approximate surface area is 128 Å². The molecule has 0 heterocycles. The van der Waals surface area contributed by atoms with Gasteiger partial charge in [-0.25, -0.2) is 0 Å². The summed E-state index contributed by atoms with van der Waals surface area (Å²) < 4.78 is 5.49. The second-order valence-corrected chi connectivity index (χ2v) is 6.82. The molecular formula is C17H30O4. The van der Waals surface area contributed by atoms with Gasteiger partial charge in [-0.3, -0.25) is 9.59 Å². The molecule has 1 fully saturated rings. The summed E-state index contributed by atoms with van der Waals surface area (Å²) in [7, 11) is 0. The minimum Gasteiger partial charge on any atom is -0.481 e. The van der Waals surface area contributed by atoms with Gasteiger partial charge in [0.1, 0.15) is 0 Å². The lowest BCUT2D eigenvalue weighted by Crippen LogP contribution is -2.30. The number of carbonyl (C=O) groups excluding carboxylic acids is 1. The second kappa shape index (κ2) is 9.06. The predicted octanol–water partition coefficient (Wildman–Crippen LogP) is 4.03. The number of unbranched alkanes of at least 4 members (excludes halogenated alkanes) is 1. The van der Waals surface area contributed by atoms with Crippen LogP contribution in [0.15, 0.2) is 0 Å². The molecule has 0 aromatic carbocycles. The normalized spacial score (nSPS) is 23.8.